The van der Waals surface area contributed by atoms with Crippen LogP contribution in [0.2, 0.25) is 0 Å². The van der Waals surface area contributed by atoms with Crippen molar-refractivity contribution in [3.05, 3.63) is 18.8 Å². The molecular weight excluding hydrogens is 64.0 g/mol. The lowest BCUT2D eigenvalue weighted by Gasteiger charge is -1.54. The summed E-state index contributed by atoms with van der Waals surface area (Å²) >= 11 is 0. The molecule has 0 fully saturated rings. The Labute approximate surface area is 30.2 Å². The van der Waals surface area contributed by atoms with Gasteiger partial charge in [0, 0.05) is 6.20 Å². The van der Waals surface area contributed by atoms with Gasteiger partial charge >= 0.3 is 0 Å². The highest BCUT2D eigenvalue weighted by atomic mass is 15.1. The van der Waals surface area contributed by atoms with Gasteiger partial charge in [0.2, 0.25) is 0 Å². The van der Waals surface area contributed by atoms with Crippen LogP contribution in [0.15, 0.2) is 22.5 Å². The molecular formula is C3H3N2. The van der Waals surface area contributed by atoms with Gasteiger partial charge in [-0.05, 0) is 6.08 Å². The smallest absolute Gasteiger partial charge is 0.119 e. The van der Waals surface area contributed by atoms with Gasteiger partial charge in [0.1, 0.15) is 6.54 Å². The zero-order valence-electron chi connectivity index (χ0n) is 2.63. The SMILES string of the molecule is [CH]1C=CN=N1. The number of azo groups is 1. The maximum atomic E-state index is 3.47. The predicted molar refractivity (Wildman–Crippen MR) is 18.3 cm³/mol. The minimum absolute atomic E-state index is 1.64. The minimum atomic E-state index is 1.64. The van der Waals surface area contributed by atoms with E-state index in [1.807, 2.05) is 0 Å². The highest BCUT2D eigenvalue weighted by molar-refractivity contribution is 4.95. The second kappa shape index (κ2) is 0.971. The lowest BCUT2D eigenvalue weighted by atomic mass is 10.7. The number of nitrogens with zero attached hydrogens (tertiary/aromatic N) is 2. The van der Waals surface area contributed by atoms with Crippen LogP contribution >= 0.6 is 0 Å². The Kier molecular flexibility index (Phi) is 0.499. The molecule has 0 unspecified atom stereocenters. The zero-order valence-corrected chi connectivity index (χ0v) is 2.63. The Hall–Kier alpha value is -0.660. The van der Waals surface area contributed by atoms with Crippen LogP contribution in [-0.4, -0.2) is 0 Å². The molecule has 0 N–H and O–H groups in total. The second-order valence-electron chi connectivity index (χ2n) is 0.722. The van der Waals surface area contributed by atoms with Gasteiger partial charge < -0.3 is 0 Å². The molecule has 0 bridgehead atoms. The summed E-state index contributed by atoms with van der Waals surface area (Å²) in [5, 5.41) is 6.94. The zero-order chi connectivity index (χ0) is 3.54. The Morgan fingerprint density at radius 1 is 1.20 bits per heavy atom. The maximum absolute atomic E-state index is 3.47. The lowest BCUT2D eigenvalue weighted by molar-refractivity contribution is 1.24. The van der Waals surface area contributed by atoms with Crippen molar-refractivity contribution in [3.63, 3.8) is 0 Å². The van der Waals surface area contributed by atoms with Gasteiger partial charge in [0.05, 0.1) is 0 Å². The van der Waals surface area contributed by atoms with Crippen molar-refractivity contribution in [1.29, 1.82) is 0 Å². The van der Waals surface area contributed by atoms with E-state index in [9.17, 15) is 0 Å². The molecule has 2 heteroatoms. The van der Waals surface area contributed by atoms with E-state index in [-0.39, 0.29) is 0 Å². The fourth-order valence-electron chi connectivity index (χ4n) is 0.192. The molecule has 1 heterocycles. The van der Waals surface area contributed by atoms with Crippen LogP contribution in [0.25, 0.3) is 0 Å². The van der Waals surface area contributed by atoms with E-state index >= 15 is 0 Å². The molecule has 25 valence electrons. The largest absolute Gasteiger partial charge is 0.179 e. The molecule has 0 atom stereocenters. The number of rotatable bonds is 0. The molecule has 0 aromatic carbocycles. The summed E-state index contributed by atoms with van der Waals surface area (Å²) < 4.78 is 0. The van der Waals surface area contributed by atoms with Gasteiger partial charge in [0.15, 0.2) is 0 Å². The van der Waals surface area contributed by atoms with Crippen LogP contribution in [0.4, 0.5) is 0 Å². The third-order valence-electron chi connectivity index (χ3n) is 0.372. The molecule has 1 rings (SSSR count). The summed E-state index contributed by atoms with van der Waals surface area (Å²) in [6.45, 7) is 1.64. The Morgan fingerprint density at radius 2 is 2.20 bits per heavy atom. The highest BCUT2D eigenvalue weighted by Crippen LogP contribution is 1.92. The summed E-state index contributed by atoms with van der Waals surface area (Å²) in [5.74, 6) is 0. The molecule has 0 aromatic rings. The second-order valence-corrected chi connectivity index (χ2v) is 0.722. The van der Waals surface area contributed by atoms with Crippen LogP contribution in [0.1, 0.15) is 0 Å². The van der Waals surface area contributed by atoms with Crippen LogP contribution in [0.5, 0.6) is 0 Å². The van der Waals surface area contributed by atoms with Crippen molar-refractivity contribution in [2.45, 2.75) is 0 Å². The normalized spacial score (nSPS) is 17.6. The molecule has 0 amide bonds. The van der Waals surface area contributed by atoms with E-state index in [1.165, 1.54) is 0 Å². The highest BCUT2D eigenvalue weighted by Gasteiger charge is 1.75. The van der Waals surface area contributed by atoms with Crippen LogP contribution in [-0.2, 0) is 0 Å². The van der Waals surface area contributed by atoms with Crippen molar-refractivity contribution in [2.24, 2.45) is 10.2 Å². The van der Waals surface area contributed by atoms with E-state index in [1.54, 1.807) is 18.8 Å². The number of hydrogen-bond donors (Lipinski definition) is 0. The molecule has 0 saturated carbocycles. The summed E-state index contributed by atoms with van der Waals surface area (Å²) in [7, 11) is 0. The van der Waals surface area contributed by atoms with Crippen molar-refractivity contribution in [1.82, 2.24) is 0 Å². The van der Waals surface area contributed by atoms with Gasteiger partial charge in [-0.3, -0.25) is 0 Å². The van der Waals surface area contributed by atoms with E-state index in [4.69, 9.17) is 0 Å². The molecule has 0 aromatic heterocycles. The predicted octanol–water partition coefficient (Wildman–Crippen LogP) is 1.13. The lowest BCUT2D eigenvalue weighted by Crippen LogP contribution is -1.39. The summed E-state index contributed by atoms with van der Waals surface area (Å²) in [6, 6.07) is 0. The molecule has 5 heavy (non-hydrogen) atoms. The van der Waals surface area contributed by atoms with Crippen molar-refractivity contribution >= 4 is 0 Å². The Morgan fingerprint density at radius 3 is 2.40 bits per heavy atom. The first kappa shape index (κ1) is 2.57. The summed E-state index contributed by atoms with van der Waals surface area (Å²) in [4.78, 5) is 0. The van der Waals surface area contributed by atoms with Gasteiger partial charge in [0.25, 0.3) is 0 Å². The van der Waals surface area contributed by atoms with E-state index in [0.29, 0.717) is 0 Å². The Balaban J connectivity index is 2.61. The molecule has 0 aliphatic carbocycles. The molecule has 0 saturated heterocycles. The topological polar surface area (TPSA) is 24.7 Å². The van der Waals surface area contributed by atoms with E-state index in [0.717, 1.165) is 0 Å². The molecule has 1 radical (unpaired) electrons. The average molecular weight is 67.1 g/mol. The van der Waals surface area contributed by atoms with Gasteiger partial charge in [-0.2, -0.15) is 10.2 Å². The van der Waals surface area contributed by atoms with E-state index in [2.05, 4.69) is 10.2 Å². The Bertz CT molecular complexity index is 63.0. The number of hydrogen-bond acceptors (Lipinski definition) is 2. The molecule has 1 aliphatic rings. The van der Waals surface area contributed by atoms with Crippen molar-refractivity contribution < 1.29 is 0 Å². The van der Waals surface area contributed by atoms with Crippen LogP contribution in [0, 0.1) is 6.54 Å². The monoisotopic (exact) mass is 67.0 g/mol. The maximum Gasteiger partial charge on any atom is 0.119 e. The van der Waals surface area contributed by atoms with Crippen LogP contribution in [0.3, 0.4) is 0 Å². The van der Waals surface area contributed by atoms with Crippen molar-refractivity contribution in [2.75, 3.05) is 0 Å². The molecule has 0 spiro atoms. The van der Waals surface area contributed by atoms with Crippen LogP contribution < -0.4 is 0 Å². The summed E-state index contributed by atoms with van der Waals surface area (Å²) in [5.41, 5.74) is 0. The fourth-order valence-corrected chi connectivity index (χ4v) is 0.192. The first-order valence-corrected chi connectivity index (χ1v) is 1.38. The standard InChI is InChI=1S/C3H3N2/c1-2-4-5-3-1/h1-3H. The quantitative estimate of drug-likeness (QED) is 0.405. The first-order chi connectivity index (χ1) is 2.50. The third-order valence-corrected chi connectivity index (χ3v) is 0.372. The minimum Gasteiger partial charge on any atom is -0.179 e. The van der Waals surface area contributed by atoms with E-state index < -0.39 is 0 Å². The van der Waals surface area contributed by atoms with Gasteiger partial charge in [-0.25, -0.2) is 0 Å². The fraction of sp³-hybridized carbons (Fsp3) is 0. The molecule has 1 aliphatic heterocycles. The first-order valence-electron chi connectivity index (χ1n) is 1.38. The summed E-state index contributed by atoms with van der Waals surface area (Å²) in [6.07, 6.45) is 3.42. The average Bonchev–Trinajstić information content (AvgIpc) is 1.76. The van der Waals surface area contributed by atoms with Crippen molar-refractivity contribution in [3.8, 4) is 0 Å². The molecule has 2 nitrogen and oxygen atoms in total. The van der Waals surface area contributed by atoms with Gasteiger partial charge in [-0.1, -0.05) is 0 Å². The van der Waals surface area contributed by atoms with Gasteiger partial charge in [-0.15, -0.1) is 0 Å². The third kappa shape index (κ3) is 0.318.